The smallest absolute Gasteiger partial charge is 0.267 e. The third-order valence-corrected chi connectivity index (χ3v) is 7.08. The van der Waals surface area contributed by atoms with Crippen LogP contribution in [0, 0.1) is 0 Å². The zero-order valence-electron chi connectivity index (χ0n) is 17.1. The van der Waals surface area contributed by atoms with Crippen molar-refractivity contribution in [2.45, 2.75) is 4.90 Å². The first-order chi connectivity index (χ1) is 15.5. The van der Waals surface area contributed by atoms with E-state index < -0.39 is 10.0 Å². The third-order valence-electron chi connectivity index (χ3n) is 5.24. The molecule has 1 aliphatic rings. The van der Waals surface area contributed by atoms with Crippen LogP contribution in [0.15, 0.2) is 89.1 Å². The highest BCUT2D eigenvalue weighted by Gasteiger charge is 2.31. The molecule has 2 aromatic heterocycles. The van der Waals surface area contributed by atoms with Crippen LogP contribution in [-0.4, -0.2) is 47.4 Å². The van der Waals surface area contributed by atoms with Crippen LogP contribution in [0.2, 0.25) is 0 Å². The van der Waals surface area contributed by atoms with Crippen LogP contribution in [0.3, 0.4) is 0 Å². The predicted molar refractivity (Wildman–Crippen MR) is 121 cm³/mol. The van der Waals surface area contributed by atoms with Crippen molar-refractivity contribution in [3.05, 3.63) is 79.3 Å². The van der Waals surface area contributed by atoms with Crippen molar-refractivity contribution in [3.8, 4) is 28.1 Å². The Morgan fingerprint density at radius 1 is 0.969 bits per heavy atom. The van der Waals surface area contributed by atoms with E-state index >= 15 is 0 Å². The Morgan fingerprint density at radius 3 is 2.50 bits per heavy atom. The highest BCUT2D eigenvalue weighted by Crippen LogP contribution is 2.32. The molecule has 0 amide bonds. The Morgan fingerprint density at radius 2 is 1.72 bits per heavy atom. The molecule has 0 spiro atoms. The average Bonchev–Trinajstić information content (AvgIpc) is 3.32. The topological polar surface area (TPSA) is 101 Å². The number of fused-ring (bicyclic) bond motifs is 1. The van der Waals surface area contributed by atoms with Gasteiger partial charge >= 0.3 is 0 Å². The first-order valence-corrected chi connectivity index (χ1v) is 11.3. The second-order valence-electron chi connectivity index (χ2n) is 7.16. The molecule has 0 bridgehead atoms. The number of likely N-dealkylation sites (N-methyl/N-ethyl adjacent to an activating group) is 1. The van der Waals surface area contributed by atoms with Gasteiger partial charge in [0.25, 0.3) is 10.0 Å². The van der Waals surface area contributed by atoms with Gasteiger partial charge in [0.15, 0.2) is 5.84 Å². The predicted octanol–water partition coefficient (Wildman–Crippen LogP) is 3.88. The summed E-state index contributed by atoms with van der Waals surface area (Å²) >= 11 is 0. The number of nitrogens with one attached hydrogen (secondary N) is 1. The molecule has 5 rings (SSSR count). The molecule has 0 aliphatic carbocycles. The number of H-pyrrole nitrogens is 1. The molecule has 160 valence electrons. The number of aromatic nitrogens is 3. The number of hydrogen-bond acceptors (Lipinski definition) is 6. The Kier molecular flexibility index (Phi) is 4.95. The minimum Gasteiger partial charge on any atom is -0.486 e. The second kappa shape index (κ2) is 7.93. The first-order valence-electron chi connectivity index (χ1n) is 9.87. The number of para-hydroxylation sites is 1. The fourth-order valence-corrected chi connectivity index (χ4v) is 4.80. The van der Waals surface area contributed by atoms with Gasteiger partial charge in [-0.3, -0.25) is 14.4 Å². The van der Waals surface area contributed by atoms with Gasteiger partial charge in [-0.2, -0.15) is 5.10 Å². The Hall–Kier alpha value is -3.98. The fraction of sp³-hybridized carbons (Fsp3) is 0.0870. The van der Waals surface area contributed by atoms with Crippen molar-refractivity contribution < 1.29 is 13.2 Å². The van der Waals surface area contributed by atoms with Crippen LogP contribution in [0.1, 0.15) is 0 Å². The SMILES string of the molecule is CN1C(COc2ccc(-c3n[nH]cc3-c3ccncc3)cc2)=Nc2ccccc2S1(=O)=O. The van der Waals surface area contributed by atoms with Crippen LogP contribution >= 0.6 is 0 Å². The van der Waals surface area contributed by atoms with E-state index in [1.54, 1.807) is 36.7 Å². The molecule has 9 heteroatoms. The molecule has 32 heavy (non-hydrogen) atoms. The molecular weight excluding hydrogens is 426 g/mol. The largest absolute Gasteiger partial charge is 0.486 e. The summed E-state index contributed by atoms with van der Waals surface area (Å²) in [6.07, 6.45) is 5.34. The van der Waals surface area contributed by atoms with Crippen molar-refractivity contribution in [3.63, 3.8) is 0 Å². The number of rotatable bonds is 5. The number of nitrogens with zero attached hydrogens (tertiary/aromatic N) is 4. The van der Waals surface area contributed by atoms with Gasteiger partial charge in [-0.25, -0.2) is 13.4 Å². The molecule has 1 aliphatic heterocycles. The van der Waals surface area contributed by atoms with Crippen molar-refractivity contribution >= 4 is 21.5 Å². The van der Waals surface area contributed by atoms with Crippen LogP contribution < -0.4 is 4.74 Å². The summed E-state index contributed by atoms with van der Waals surface area (Å²) < 4.78 is 32.5. The average molecular weight is 446 g/mol. The van der Waals surface area contributed by atoms with Gasteiger partial charge < -0.3 is 4.74 Å². The van der Waals surface area contributed by atoms with E-state index in [2.05, 4.69) is 20.2 Å². The molecule has 1 N–H and O–H groups in total. The van der Waals surface area contributed by atoms with Crippen molar-refractivity contribution in [2.75, 3.05) is 13.7 Å². The molecule has 0 fully saturated rings. The van der Waals surface area contributed by atoms with Gasteiger partial charge in [-0.05, 0) is 54.1 Å². The molecule has 0 unspecified atom stereocenters. The minimum absolute atomic E-state index is 0.0219. The van der Waals surface area contributed by atoms with Crippen LogP contribution in [0.4, 0.5) is 5.69 Å². The van der Waals surface area contributed by atoms with E-state index in [1.165, 1.54) is 7.05 Å². The van der Waals surface area contributed by atoms with Gasteiger partial charge in [-0.1, -0.05) is 12.1 Å². The minimum atomic E-state index is -3.64. The molecule has 0 atom stereocenters. The number of aromatic amines is 1. The quantitative estimate of drug-likeness (QED) is 0.502. The number of hydrogen-bond donors (Lipinski definition) is 1. The number of pyridine rings is 1. The van der Waals surface area contributed by atoms with E-state index in [-0.39, 0.29) is 11.5 Å². The first kappa shape index (κ1) is 20.0. The molecule has 3 heterocycles. The summed E-state index contributed by atoms with van der Waals surface area (Å²) in [4.78, 5) is 8.71. The van der Waals surface area contributed by atoms with Gasteiger partial charge in [0.05, 0.1) is 11.4 Å². The molecular formula is C23H19N5O3S. The summed E-state index contributed by atoms with van der Waals surface area (Å²) in [6.45, 7) is 0.0219. The lowest BCUT2D eigenvalue weighted by molar-refractivity contribution is 0.365. The summed E-state index contributed by atoms with van der Waals surface area (Å²) in [5.74, 6) is 0.919. The maximum absolute atomic E-state index is 12.7. The molecule has 2 aromatic carbocycles. The fourth-order valence-electron chi connectivity index (χ4n) is 3.50. The highest BCUT2D eigenvalue weighted by atomic mass is 32.2. The van der Waals surface area contributed by atoms with Crippen molar-refractivity contribution in [1.29, 1.82) is 0 Å². The normalized spacial score (nSPS) is 14.5. The number of aliphatic imine (C=N–C) groups is 1. The Bertz CT molecular complexity index is 1400. The third kappa shape index (κ3) is 3.52. The summed E-state index contributed by atoms with van der Waals surface area (Å²) in [7, 11) is -2.15. The van der Waals surface area contributed by atoms with E-state index in [9.17, 15) is 8.42 Å². The zero-order chi connectivity index (χ0) is 22.1. The second-order valence-corrected chi connectivity index (χ2v) is 9.10. The maximum Gasteiger partial charge on any atom is 0.267 e. The summed E-state index contributed by atoms with van der Waals surface area (Å²) in [5, 5.41) is 7.30. The lowest BCUT2D eigenvalue weighted by Crippen LogP contribution is -2.38. The maximum atomic E-state index is 12.7. The number of ether oxygens (including phenoxy) is 1. The summed E-state index contributed by atoms with van der Waals surface area (Å²) in [6, 6.07) is 18.0. The monoisotopic (exact) mass is 445 g/mol. The summed E-state index contributed by atoms with van der Waals surface area (Å²) in [5.41, 5.74) is 4.16. The van der Waals surface area contributed by atoms with Gasteiger partial charge in [0, 0.05) is 36.8 Å². The highest BCUT2D eigenvalue weighted by molar-refractivity contribution is 7.90. The van der Waals surface area contributed by atoms with E-state index in [0.717, 1.165) is 26.7 Å². The van der Waals surface area contributed by atoms with E-state index in [4.69, 9.17) is 4.74 Å². The standard InChI is InChI=1S/C23H19N5O3S/c1-28-22(26-20-4-2-3-5-21(20)32(28,29)30)15-31-18-8-6-17(7-9-18)23-19(14-25-27-23)16-10-12-24-13-11-16/h2-14H,15H2,1H3,(H,25,27). The van der Waals surface area contributed by atoms with Crippen LogP contribution in [-0.2, 0) is 10.0 Å². The number of benzene rings is 2. The van der Waals surface area contributed by atoms with Gasteiger partial charge in [0.2, 0.25) is 0 Å². The van der Waals surface area contributed by atoms with E-state index in [1.807, 2.05) is 42.6 Å². The molecule has 0 saturated carbocycles. The van der Waals surface area contributed by atoms with Crippen LogP contribution in [0.25, 0.3) is 22.4 Å². The lowest BCUT2D eigenvalue weighted by atomic mass is 10.0. The van der Waals surface area contributed by atoms with Gasteiger partial charge in [0.1, 0.15) is 17.3 Å². The molecule has 8 nitrogen and oxygen atoms in total. The number of sulfonamides is 1. The van der Waals surface area contributed by atoms with E-state index in [0.29, 0.717) is 17.3 Å². The van der Waals surface area contributed by atoms with Crippen molar-refractivity contribution in [2.24, 2.45) is 4.99 Å². The van der Waals surface area contributed by atoms with Crippen molar-refractivity contribution in [1.82, 2.24) is 19.5 Å². The van der Waals surface area contributed by atoms with Crippen LogP contribution in [0.5, 0.6) is 5.75 Å². The lowest BCUT2D eigenvalue weighted by Gasteiger charge is -2.26. The number of amidine groups is 1. The molecule has 0 radical (unpaired) electrons. The van der Waals surface area contributed by atoms with Gasteiger partial charge in [-0.15, -0.1) is 0 Å². The Labute approximate surface area is 185 Å². The molecule has 4 aromatic rings. The Balaban J connectivity index is 1.35. The molecule has 0 saturated heterocycles. The zero-order valence-corrected chi connectivity index (χ0v) is 18.0.